The highest BCUT2D eigenvalue weighted by molar-refractivity contribution is 5.76. The lowest BCUT2D eigenvalue weighted by Crippen LogP contribution is -3.08. The van der Waals surface area contributed by atoms with Gasteiger partial charge in [-0.05, 0) is 18.6 Å². The summed E-state index contributed by atoms with van der Waals surface area (Å²) in [6.45, 7) is 2.85. The lowest BCUT2D eigenvalue weighted by molar-refractivity contribution is -0.886. The number of hydrogen-bond donors (Lipinski definition) is 1. The Balaban J connectivity index is 2.21. The van der Waals surface area contributed by atoms with E-state index < -0.39 is 0 Å². The molecule has 2 aromatic heterocycles. The molecule has 6 heteroatoms. The molecule has 0 aliphatic rings. The summed E-state index contributed by atoms with van der Waals surface area (Å²) in [7, 11) is 5.39. The Morgan fingerprint density at radius 2 is 2.10 bits per heavy atom. The molecule has 2 rings (SSSR count). The van der Waals surface area contributed by atoms with Crippen LogP contribution in [0.15, 0.2) is 29.2 Å². The molecular weight excluding hydrogens is 268 g/mol. The molecule has 0 bridgehead atoms. The van der Waals surface area contributed by atoms with Crippen molar-refractivity contribution in [3.05, 3.63) is 46.0 Å². The quantitative estimate of drug-likeness (QED) is 0.794. The zero-order chi connectivity index (χ0) is 15.6. The van der Waals surface area contributed by atoms with Crippen LogP contribution in [0.4, 0.5) is 0 Å². The number of pyridine rings is 1. The zero-order valence-electron chi connectivity index (χ0n) is 12.9. The van der Waals surface area contributed by atoms with E-state index >= 15 is 0 Å². The number of hydrogen-bond acceptors (Lipinski definition) is 3. The molecule has 0 saturated carbocycles. The average molecular weight is 289 g/mol. The minimum Gasteiger partial charge on any atom is -0.344 e. The largest absolute Gasteiger partial charge is 0.344 e. The molecule has 1 atom stereocenters. The molecule has 0 aliphatic carbocycles. The Bertz CT molecular complexity index is 721. The molecule has 0 aromatic carbocycles. The van der Waals surface area contributed by atoms with Gasteiger partial charge in [0, 0.05) is 26.4 Å². The first-order valence-electron chi connectivity index (χ1n) is 6.87. The molecule has 2 aromatic rings. The van der Waals surface area contributed by atoms with Gasteiger partial charge in [0.2, 0.25) is 0 Å². The first-order chi connectivity index (χ1) is 9.86. The first-order valence-corrected chi connectivity index (χ1v) is 6.87. The third-order valence-corrected chi connectivity index (χ3v) is 3.30. The highest BCUT2D eigenvalue weighted by atomic mass is 16.2. The topological polar surface area (TPSA) is 59.1 Å². The summed E-state index contributed by atoms with van der Waals surface area (Å²) in [5, 5.41) is 0. The molecule has 1 amide bonds. The van der Waals surface area contributed by atoms with E-state index in [-0.39, 0.29) is 11.5 Å². The van der Waals surface area contributed by atoms with E-state index in [0.29, 0.717) is 24.4 Å². The van der Waals surface area contributed by atoms with Crippen molar-refractivity contribution in [3.8, 4) is 0 Å². The number of carbonyl (C=O) groups is 1. The summed E-state index contributed by atoms with van der Waals surface area (Å²) in [6.07, 6.45) is 1.78. The van der Waals surface area contributed by atoms with Gasteiger partial charge in [-0.2, -0.15) is 0 Å². The number of nitrogens with zero attached hydrogens (tertiary/aromatic N) is 3. The smallest absolute Gasteiger partial charge is 0.277 e. The van der Waals surface area contributed by atoms with Crippen molar-refractivity contribution < 1.29 is 9.69 Å². The maximum absolute atomic E-state index is 12.1. The van der Waals surface area contributed by atoms with Crippen LogP contribution in [0.3, 0.4) is 0 Å². The fraction of sp³-hybridized carbons (Fsp3) is 0.400. The monoisotopic (exact) mass is 289 g/mol. The second kappa shape index (κ2) is 6.05. The van der Waals surface area contributed by atoms with E-state index in [4.69, 9.17) is 0 Å². The first kappa shape index (κ1) is 15.2. The minimum absolute atomic E-state index is 0.0561. The van der Waals surface area contributed by atoms with Crippen molar-refractivity contribution in [1.82, 2.24) is 14.3 Å². The van der Waals surface area contributed by atoms with Gasteiger partial charge in [0.25, 0.3) is 11.5 Å². The highest BCUT2D eigenvalue weighted by Crippen LogP contribution is 2.01. The number of carbonyl (C=O) groups excluding carboxylic acids is 1. The van der Waals surface area contributed by atoms with Crippen molar-refractivity contribution in [2.24, 2.45) is 0 Å². The predicted molar refractivity (Wildman–Crippen MR) is 80.4 cm³/mol. The van der Waals surface area contributed by atoms with Crippen molar-refractivity contribution in [2.45, 2.75) is 13.5 Å². The molecule has 1 unspecified atom stereocenters. The van der Waals surface area contributed by atoms with Crippen molar-refractivity contribution >= 4 is 11.6 Å². The van der Waals surface area contributed by atoms with Crippen LogP contribution in [0.1, 0.15) is 11.3 Å². The van der Waals surface area contributed by atoms with Crippen LogP contribution in [0.2, 0.25) is 0 Å². The Kier molecular flexibility index (Phi) is 4.37. The lowest BCUT2D eigenvalue weighted by Gasteiger charge is -2.16. The molecule has 2 heterocycles. The van der Waals surface area contributed by atoms with Gasteiger partial charge in [0.15, 0.2) is 6.54 Å². The Labute approximate surface area is 123 Å². The summed E-state index contributed by atoms with van der Waals surface area (Å²) in [5.41, 5.74) is 2.26. The van der Waals surface area contributed by atoms with Crippen molar-refractivity contribution in [1.29, 1.82) is 0 Å². The summed E-state index contributed by atoms with van der Waals surface area (Å²) in [6, 6.07) is 5.30. The maximum atomic E-state index is 12.1. The van der Waals surface area contributed by atoms with E-state index in [1.165, 1.54) is 6.07 Å². The van der Waals surface area contributed by atoms with Gasteiger partial charge < -0.3 is 9.80 Å². The molecule has 0 fully saturated rings. The summed E-state index contributed by atoms with van der Waals surface area (Å²) in [5.74, 6) is 0.0561. The standard InChI is InChI=1S/C15H20N4O2/c1-11-5-6-13-16-12(7-14(20)19(13)8-11)9-18(4)10-15(21)17(2)3/h5-8H,9-10H2,1-4H3/p+1. The molecule has 1 N–H and O–H groups in total. The number of amides is 1. The van der Waals surface area contributed by atoms with E-state index in [1.54, 1.807) is 29.6 Å². The van der Waals surface area contributed by atoms with E-state index in [1.807, 2.05) is 26.1 Å². The Hall–Kier alpha value is -2.21. The van der Waals surface area contributed by atoms with E-state index in [0.717, 1.165) is 10.5 Å². The van der Waals surface area contributed by atoms with Gasteiger partial charge >= 0.3 is 0 Å². The summed E-state index contributed by atoms with van der Waals surface area (Å²) < 4.78 is 1.54. The summed E-state index contributed by atoms with van der Waals surface area (Å²) >= 11 is 0. The second-order valence-corrected chi connectivity index (χ2v) is 5.62. The fourth-order valence-corrected chi connectivity index (χ4v) is 2.14. The summed E-state index contributed by atoms with van der Waals surface area (Å²) in [4.78, 5) is 30.8. The Morgan fingerprint density at radius 1 is 1.38 bits per heavy atom. The van der Waals surface area contributed by atoms with Crippen LogP contribution < -0.4 is 10.5 Å². The van der Waals surface area contributed by atoms with Gasteiger partial charge in [-0.1, -0.05) is 6.07 Å². The van der Waals surface area contributed by atoms with Crippen LogP contribution in [0, 0.1) is 6.92 Å². The van der Waals surface area contributed by atoms with Gasteiger partial charge in [0.05, 0.1) is 7.05 Å². The number of aromatic nitrogens is 2. The maximum Gasteiger partial charge on any atom is 0.277 e. The van der Waals surface area contributed by atoms with E-state index in [9.17, 15) is 9.59 Å². The van der Waals surface area contributed by atoms with Crippen LogP contribution in [0.25, 0.3) is 5.65 Å². The number of likely N-dealkylation sites (N-methyl/N-ethyl adjacent to an activating group) is 2. The van der Waals surface area contributed by atoms with Gasteiger partial charge in [-0.3, -0.25) is 14.0 Å². The van der Waals surface area contributed by atoms with Crippen molar-refractivity contribution in [3.63, 3.8) is 0 Å². The molecule has 112 valence electrons. The molecule has 0 radical (unpaired) electrons. The molecule has 0 saturated heterocycles. The van der Waals surface area contributed by atoms with Gasteiger partial charge in [-0.25, -0.2) is 4.98 Å². The second-order valence-electron chi connectivity index (χ2n) is 5.62. The molecule has 0 aliphatic heterocycles. The van der Waals surface area contributed by atoms with Gasteiger partial charge in [0.1, 0.15) is 17.9 Å². The van der Waals surface area contributed by atoms with Crippen LogP contribution >= 0.6 is 0 Å². The van der Waals surface area contributed by atoms with Crippen LogP contribution in [-0.2, 0) is 11.3 Å². The molecule has 0 spiro atoms. The minimum atomic E-state index is -0.0922. The molecular formula is C15H21N4O2+. The Morgan fingerprint density at radius 3 is 2.76 bits per heavy atom. The number of nitrogens with one attached hydrogen (secondary N) is 1. The molecule has 6 nitrogen and oxygen atoms in total. The highest BCUT2D eigenvalue weighted by Gasteiger charge is 2.13. The number of fused-ring (bicyclic) bond motifs is 1. The number of aryl methyl sites for hydroxylation is 1. The SMILES string of the molecule is Cc1ccc2nc(C[NH+](C)CC(=O)N(C)C)cc(=O)n2c1. The van der Waals surface area contributed by atoms with E-state index in [2.05, 4.69) is 4.98 Å². The number of rotatable bonds is 4. The third kappa shape index (κ3) is 3.66. The predicted octanol–water partition coefficient (Wildman–Crippen LogP) is -0.894. The average Bonchev–Trinajstić information content (AvgIpc) is 2.39. The molecule has 21 heavy (non-hydrogen) atoms. The van der Waals surface area contributed by atoms with Crippen LogP contribution in [0.5, 0.6) is 0 Å². The zero-order valence-corrected chi connectivity index (χ0v) is 12.9. The van der Waals surface area contributed by atoms with Gasteiger partial charge in [-0.15, -0.1) is 0 Å². The fourth-order valence-electron chi connectivity index (χ4n) is 2.14. The van der Waals surface area contributed by atoms with Crippen LogP contribution in [-0.4, -0.2) is 47.9 Å². The normalized spacial score (nSPS) is 12.4. The lowest BCUT2D eigenvalue weighted by atomic mass is 10.3. The number of quaternary nitrogens is 1. The third-order valence-electron chi connectivity index (χ3n) is 3.30. The van der Waals surface area contributed by atoms with Crippen molar-refractivity contribution in [2.75, 3.05) is 27.7 Å².